The molecule has 0 spiro atoms. The lowest BCUT2D eigenvalue weighted by atomic mass is 10.0. The molecule has 26 nitrogen and oxygen atoms in total. The van der Waals surface area contributed by atoms with Crippen LogP contribution in [0.2, 0.25) is 0 Å². The maximum absolute atomic E-state index is 14.2. The topological polar surface area (TPSA) is 433 Å². The van der Waals surface area contributed by atoms with Gasteiger partial charge in [-0.1, -0.05) is 32.0 Å². The van der Waals surface area contributed by atoms with Crippen molar-refractivity contribution in [3.8, 4) is 0 Å². The lowest BCUT2D eigenvalue weighted by molar-refractivity contribution is -0.135. The minimum absolute atomic E-state index is 0.0887. The van der Waals surface area contributed by atoms with Crippen LogP contribution in [-0.4, -0.2) is 158 Å². The number of fused-ring (bicyclic) bond motifs is 1. The third-order valence-electron chi connectivity index (χ3n) is 12.0. The van der Waals surface area contributed by atoms with Crippen molar-refractivity contribution in [3.63, 3.8) is 0 Å². The summed E-state index contributed by atoms with van der Waals surface area (Å²) < 4.78 is -1.03. The highest BCUT2D eigenvalue weighted by Crippen LogP contribution is 2.26. The van der Waals surface area contributed by atoms with Crippen LogP contribution in [0.4, 0.5) is 0 Å². The molecule has 0 aliphatic heterocycles. The van der Waals surface area contributed by atoms with Crippen LogP contribution in [0.1, 0.15) is 78.0 Å². The number of carbonyl (C=O) groups is 11. The summed E-state index contributed by atoms with van der Waals surface area (Å²) in [6.45, 7) is 7.66. The average Bonchev–Trinajstić information content (AvgIpc) is 4.03. The third kappa shape index (κ3) is 20.5. The minimum Gasteiger partial charge on any atom is -0.370 e. The zero-order valence-corrected chi connectivity index (χ0v) is 45.3. The number of amides is 11. The number of primary amides is 3. The van der Waals surface area contributed by atoms with Crippen molar-refractivity contribution in [2.24, 2.45) is 28.9 Å². The largest absolute Gasteiger partial charge is 0.370 e. The Kier molecular flexibility index (Phi) is 25.2. The molecule has 2 heterocycles. The van der Waals surface area contributed by atoms with E-state index in [4.69, 9.17) is 22.9 Å². The van der Waals surface area contributed by atoms with Gasteiger partial charge in [0.15, 0.2) is 0 Å². The van der Waals surface area contributed by atoms with Gasteiger partial charge >= 0.3 is 0 Å². The molecule has 418 valence electrons. The Morgan fingerprint density at radius 2 is 1.28 bits per heavy atom. The number of hydrogen-bond acceptors (Lipinski definition) is 15. The van der Waals surface area contributed by atoms with Crippen LogP contribution < -0.4 is 65.5 Å². The fourth-order valence-corrected chi connectivity index (χ4v) is 8.45. The molecule has 0 unspecified atom stereocenters. The van der Waals surface area contributed by atoms with Gasteiger partial charge in [-0.15, -0.1) is 0 Å². The highest BCUT2D eigenvalue weighted by molar-refractivity contribution is 8.00. The van der Waals surface area contributed by atoms with Crippen molar-refractivity contribution in [1.29, 1.82) is 0 Å². The van der Waals surface area contributed by atoms with Crippen LogP contribution in [0, 0.1) is 5.92 Å². The number of thioether (sulfide) groups is 2. The van der Waals surface area contributed by atoms with Gasteiger partial charge in [-0.2, -0.15) is 23.5 Å². The van der Waals surface area contributed by atoms with Crippen LogP contribution in [-0.2, 0) is 65.6 Å². The van der Waals surface area contributed by atoms with Gasteiger partial charge in [0, 0.05) is 53.0 Å². The van der Waals surface area contributed by atoms with Gasteiger partial charge in [-0.25, -0.2) is 4.98 Å². The molecular formula is C48H73N15O11S2. The van der Waals surface area contributed by atoms with Gasteiger partial charge in [0.1, 0.15) is 42.3 Å². The Bertz CT molecular complexity index is 2520. The van der Waals surface area contributed by atoms with Gasteiger partial charge in [0.05, 0.1) is 25.3 Å². The molecule has 3 rings (SSSR count). The molecule has 0 fully saturated rings. The SMILES string of the molecule is CSCC[C@H](NC(=O)[C@H](CC(C)C)NC(=O)[C@H](Cc1cnc[nH]1)NC(=O)CNC(=O)[C@@H](NC(=O)[C@@H](C)NC(=O)[C@H](Cc1c[nH]c2ccccc12)NC(=O)[C@H](CCC(N)=O)NC(=O)[C@@H](N)CC(N)=O)C(C)(C)SC)C(N)=O. The van der Waals surface area contributed by atoms with E-state index in [0.29, 0.717) is 22.4 Å². The monoisotopic (exact) mass is 1100 g/mol. The van der Waals surface area contributed by atoms with E-state index in [0.717, 1.165) is 5.52 Å². The second kappa shape index (κ2) is 30.4. The quantitative estimate of drug-likeness (QED) is 0.0291. The van der Waals surface area contributed by atoms with E-state index in [1.807, 2.05) is 20.1 Å². The molecule has 0 aliphatic rings. The maximum Gasteiger partial charge on any atom is 0.244 e. The lowest BCUT2D eigenvalue weighted by Gasteiger charge is -2.33. The molecule has 11 amide bonds. The van der Waals surface area contributed by atoms with Crippen molar-refractivity contribution in [2.75, 3.05) is 24.8 Å². The molecule has 0 aliphatic carbocycles. The first-order valence-corrected chi connectivity index (χ1v) is 27.0. The highest BCUT2D eigenvalue weighted by Gasteiger charge is 2.38. The molecule has 28 heteroatoms. The summed E-state index contributed by atoms with van der Waals surface area (Å²) in [5.74, 6) is -8.55. The van der Waals surface area contributed by atoms with E-state index in [-0.39, 0.29) is 44.4 Å². The van der Waals surface area contributed by atoms with Crippen LogP contribution in [0.25, 0.3) is 10.9 Å². The molecule has 0 radical (unpaired) electrons. The molecule has 3 aromatic rings. The molecule has 0 saturated carbocycles. The van der Waals surface area contributed by atoms with Gasteiger partial charge in [0.25, 0.3) is 0 Å². The Hall–Kier alpha value is -7.20. The van der Waals surface area contributed by atoms with Gasteiger partial charge < -0.3 is 75.4 Å². The van der Waals surface area contributed by atoms with Crippen molar-refractivity contribution < 1.29 is 52.7 Å². The Balaban J connectivity index is 1.81. The number of nitrogens with zero attached hydrogens (tertiary/aromatic N) is 1. The summed E-state index contributed by atoms with van der Waals surface area (Å²) in [6, 6.07) is -3.28. The molecule has 0 saturated heterocycles. The minimum atomic E-state index is -1.47. The van der Waals surface area contributed by atoms with Crippen LogP contribution in [0.5, 0.6) is 0 Å². The number of para-hydroxylation sites is 1. The first-order chi connectivity index (χ1) is 35.8. The predicted molar refractivity (Wildman–Crippen MR) is 286 cm³/mol. The summed E-state index contributed by atoms with van der Waals surface area (Å²) in [4.78, 5) is 155. The molecule has 8 atom stereocenters. The lowest BCUT2D eigenvalue weighted by Crippen LogP contribution is -2.62. The summed E-state index contributed by atoms with van der Waals surface area (Å²) in [7, 11) is 0. The number of H-pyrrole nitrogens is 2. The van der Waals surface area contributed by atoms with Crippen molar-refractivity contribution in [3.05, 3.63) is 54.2 Å². The summed E-state index contributed by atoms with van der Waals surface area (Å²) >= 11 is 2.67. The van der Waals surface area contributed by atoms with Gasteiger partial charge in [0.2, 0.25) is 65.0 Å². The molecule has 18 N–H and O–H groups in total. The van der Waals surface area contributed by atoms with Gasteiger partial charge in [-0.05, 0) is 75.8 Å². The van der Waals surface area contributed by atoms with E-state index in [1.54, 1.807) is 50.6 Å². The number of rotatable bonds is 33. The van der Waals surface area contributed by atoms with E-state index in [9.17, 15) is 52.7 Å². The highest BCUT2D eigenvalue weighted by atomic mass is 32.2. The van der Waals surface area contributed by atoms with E-state index in [2.05, 4.69) is 57.5 Å². The number of hydrogen-bond donors (Lipinski definition) is 14. The molecule has 0 bridgehead atoms. The number of imidazole rings is 1. The Morgan fingerprint density at radius 1 is 0.671 bits per heavy atom. The number of aromatic nitrogens is 3. The normalized spacial score (nSPS) is 14.5. The predicted octanol–water partition coefficient (Wildman–Crippen LogP) is -2.90. The first-order valence-electron chi connectivity index (χ1n) is 24.3. The Labute approximate surface area is 448 Å². The second-order valence-electron chi connectivity index (χ2n) is 19.0. The molecule has 1 aromatic carbocycles. The number of aromatic amines is 2. The smallest absolute Gasteiger partial charge is 0.244 e. The van der Waals surface area contributed by atoms with Crippen molar-refractivity contribution in [2.45, 2.75) is 133 Å². The maximum atomic E-state index is 14.2. The van der Waals surface area contributed by atoms with Crippen LogP contribution in [0.3, 0.4) is 0 Å². The second-order valence-corrected chi connectivity index (χ2v) is 21.4. The van der Waals surface area contributed by atoms with Crippen molar-refractivity contribution in [1.82, 2.24) is 57.5 Å². The van der Waals surface area contributed by atoms with Crippen LogP contribution >= 0.6 is 23.5 Å². The average molecular weight is 1100 g/mol. The summed E-state index contributed by atoms with van der Waals surface area (Å²) in [5, 5.41) is 21.4. The van der Waals surface area contributed by atoms with Gasteiger partial charge in [-0.3, -0.25) is 52.7 Å². The van der Waals surface area contributed by atoms with Crippen LogP contribution in [0.15, 0.2) is 43.0 Å². The third-order valence-corrected chi connectivity index (χ3v) is 13.9. The first kappa shape index (κ1) is 63.1. The number of benzene rings is 1. The Morgan fingerprint density at radius 3 is 1.88 bits per heavy atom. The molecule has 2 aromatic heterocycles. The zero-order chi connectivity index (χ0) is 56.9. The molecular weight excluding hydrogens is 1030 g/mol. The standard InChI is InChI=1S/C48H73N15O11S2/c1-24(2)16-33(45(72)59-31(40(52)67)14-15-75-6)61-46(73)35(18-27-21-53-23-56-27)58-38(66)22-55-47(74)39(48(4,5)76-7)63-41(68)25(3)57-44(71)34(17-26-20-54-30-11-9-8-10-28(26)30)62-43(70)32(12-13-36(50)64)60-42(69)29(49)19-37(51)65/h8-11,20-21,23-25,29,31-35,39,54H,12-19,22,49H2,1-7H3,(H2,50,64)(H2,51,65)(H2,52,67)(H,53,56)(H,55,74)(H,57,71)(H,58,66)(H,59,72)(H,60,69)(H,61,73)(H,62,70)(H,63,68)/t25-,29+,31+,32+,33+,34+,35+,39-/m1/s1. The van der Waals surface area contributed by atoms with Crippen molar-refractivity contribution >= 4 is 99.4 Å². The summed E-state index contributed by atoms with van der Waals surface area (Å²) in [6.07, 6.45) is 6.95. The van der Waals surface area contributed by atoms with E-state index < -0.39 is 131 Å². The number of carbonyl (C=O) groups excluding carboxylic acids is 11. The van der Waals surface area contributed by atoms with E-state index >= 15 is 0 Å². The molecule has 76 heavy (non-hydrogen) atoms. The fraction of sp³-hybridized carbons (Fsp3) is 0.542. The summed E-state index contributed by atoms with van der Waals surface area (Å²) in [5.41, 5.74) is 23.6. The number of nitrogens with one attached hydrogen (secondary N) is 10. The zero-order valence-electron chi connectivity index (χ0n) is 43.7. The van der Waals surface area contributed by atoms with E-state index in [1.165, 1.54) is 43.0 Å². The fourth-order valence-electron chi connectivity index (χ4n) is 7.57. The number of nitrogens with two attached hydrogens (primary N) is 4.